The van der Waals surface area contributed by atoms with Crippen LogP contribution in [0.1, 0.15) is 35.1 Å². The lowest BCUT2D eigenvalue weighted by Crippen LogP contribution is -2.43. The minimum absolute atomic E-state index is 0. The lowest BCUT2D eigenvalue weighted by atomic mass is 10.3. The number of carbonyl (C=O) groups excluding carboxylic acids is 2. The zero-order valence-corrected chi connectivity index (χ0v) is 46.0. The second-order valence-corrected chi connectivity index (χ2v) is 20.5. The number of benzene rings is 2. The maximum Gasteiger partial charge on any atom is 0.350 e. The molecule has 444 valence electrons. The molecule has 0 aliphatic heterocycles. The van der Waals surface area contributed by atoms with Crippen LogP contribution in [0.15, 0.2) is 70.3 Å². The predicted octanol–water partition coefficient (Wildman–Crippen LogP) is 1.56. The maximum atomic E-state index is 14.2. The normalized spacial score (nSPS) is 12.9. The van der Waals surface area contributed by atoms with Crippen LogP contribution in [-0.4, -0.2) is 170 Å². The Bertz CT molecular complexity index is 3040. The Morgan fingerprint density at radius 1 is 0.637 bits per heavy atom. The minimum atomic E-state index is -4.45. The van der Waals surface area contributed by atoms with Crippen molar-refractivity contribution in [1.82, 2.24) is 49.2 Å². The summed E-state index contributed by atoms with van der Waals surface area (Å²) in [5.74, 6) is -0.249. The van der Waals surface area contributed by atoms with Gasteiger partial charge in [0.2, 0.25) is 7.44 Å². The molecule has 0 aliphatic carbocycles. The molecule has 12 N–H and O–H groups in total. The number of hydrogen-bond acceptors (Lipinski definition) is 22. The van der Waals surface area contributed by atoms with Crippen LogP contribution in [0.25, 0.3) is 22.3 Å². The van der Waals surface area contributed by atoms with Crippen LogP contribution in [0.3, 0.4) is 0 Å². The SMILES string of the molecule is C.CCOC(=O)[C@H](C)NP(=O)(COC(COc1ccccc1)Cn1c(=O)[nH]c2c(N)nc(OCCOC)nc21)N[C@@H](C)C(=O)OCC.COCCOc1nc(N)c2[nH]c(=O)n(CC(COc3ccccc3)OCP(=O)(O)O)c2n1.O. The summed E-state index contributed by atoms with van der Waals surface area (Å²) >= 11 is 0. The molecule has 6 rings (SSSR count). The fourth-order valence-corrected chi connectivity index (χ4v) is 9.39. The van der Waals surface area contributed by atoms with E-state index < -0.39 is 75.3 Å². The number of H-pyrrole nitrogens is 2. The van der Waals surface area contributed by atoms with Gasteiger partial charge in [-0.2, -0.15) is 19.9 Å². The van der Waals surface area contributed by atoms with Gasteiger partial charge in [0, 0.05) is 14.2 Å². The maximum absolute atomic E-state index is 14.2. The molecule has 0 radical (unpaired) electrons. The third-order valence-electron chi connectivity index (χ3n) is 10.5. The van der Waals surface area contributed by atoms with Gasteiger partial charge in [-0.15, -0.1) is 0 Å². The molecule has 2 aromatic carbocycles. The molecule has 6 aromatic rings. The van der Waals surface area contributed by atoms with E-state index in [1.165, 1.54) is 37.2 Å². The van der Waals surface area contributed by atoms with Crippen LogP contribution in [0.2, 0.25) is 0 Å². The molecule has 80 heavy (non-hydrogen) atoms. The lowest BCUT2D eigenvalue weighted by Gasteiger charge is -2.28. The first-order valence-corrected chi connectivity index (χ1v) is 27.8. The van der Waals surface area contributed by atoms with Gasteiger partial charge in [-0.05, 0) is 52.0 Å². The number of nitrogen functional groups attached to an aromatic ring is 2. The zero-order valence-electron chi connectivity index (χ0n) is 44.2. The van der Waals surface area contributed by atoms with Gasteiger partial charge >= 0.3 is 42.9 Å². The molecule has 0 aliphatic rings. The van der Waals surface area contributed by atoms with Gasteiger partial charge < -0.3 is 84.1 Å². The topological polar surface area (TPSA) is 436 Å². The average molecular weight is 1170 g/mol. The van der Waals surface area contributed by atoms with Crippen LogP contribution in [-0.2, 0) is 60.2 Å². The van der Waals surface area contributed by atoms with Gasteiger partial charge in [0.05, 0.1) is 39.5 Å². The summed E-state index contributed by atoms with van der Waals surface area (Å²) in [6.45, 7) is 6.92. The first kappa shape index (κ1) is 67.3. The standard InChI is InChI=1S/C28H42N7O10P.C18H24N5O8P.CH4.H2O/c1-6-41-25(36)18(3)33-46(39,34-19(4)26(37)42-7-2)17-45-21(16-44-20-11-9-8-10-12-20)15-35-24-22(30-28(35)38)23(29)31-27(32-24)43-14-13-40-5;1-28-7-8-29-17-21-15(19)14-16(22-17)23(18(24)20-14)9-13(31-11-32(25,26)27)10-30-12-5-3-2-4-6-12;;/h8-12,18-19,21H,6-7,13-17H2,1-5H3,(H,30,38)(H2,29,31,32)(H2,33,34,39);2-6,13H,7-11H2,1H3,(H,20,24)(H2,19,21,22)(H2,25,26,27);1H4;1H2/t18-,19-,21?;;;/m0.../s1. The third-order valence-corrected chi connectivity index (χ3v) is 13.1. The predicted molar refractivity (Wildman–Crippen MR) is 292 cm³/mol. The van der Waals surface area contributed by atoms with Crippen molar-refractivity contribution in [2.24, 2.45) is 0 Å². The minimum Gasteiger partial charge on any atom is -0.491 e. The number of rotatable bonds is 32. The first-order valence-electron chi connectivity index (χ1n) is 24.1. The highest BCUT2D eigenvalue weighted by molar-refractivity contribution is 7.59. The number of carbonyl (C=O) groups is 2. The number of aromatic amines is 2. The largest absolute Gasteiger partial charge is 0.491 e. The van der Waals surface area contributed by atoms with Gasteiger partial charge in [-0.3, -0.25) is 27.9 Å². The summed E-state index contributed by atoms with van der Waals surface area (Å²) in [6.07, 6.45) is -3.18. The van der Waals surface area contributed by atoms with E-state index in [-0.39, 0.29) is 118 Å². The molecule has 0 amide bonds. The number of aromatic nitrogens is 8. The van der Waals surface area contributed by atoms with E-state index in [4.69, 9.17) is 58.8 Å². The molecule has 0 bridgehead atoms. The van der Waals surface area contributed by atoms with Crippen molar-refractivity contribution in [3.8, 4) is 23.5 Å². The Morgan fingerprint density at radius 3 is 1.39 bits per heavy atom. The van der Waals surface area contributed by atoms with Crippen LogP contribution in [0.4, 0.5) is 11.6 Å². The molecule has 31 nitrogen and oxygen atoms in total. The van der Waals surface area contributed by atoms with Gasteiger partial charge in [-0.1, -0.05) is 43.8 Å². The highest BCUT2D eigenvalue weighted by atomic mass is 31.2. The Morgan fingerprint density at radius 2 is 1.02 bits per heavy atom. The number of para-hydroxylation sites is 2. The Hall–Kier alpha value is -7.02. The van der Waals surface area contributed by atoms with Crippen LogP contribution >= 0.6 is 15.0 Å². The number of nitrogens with two attached hydrogens (primary N) is 2. The zero-order chi connectivity index (χ0) is 56.8. The third kappa shape index (κ3) is 20.9. The summed E-state index contributed by atoms with van der Waals surface area (Å²) in [6, 6.07) is 15.5. The Balaban J connectivity index is 0.000000435. The molecule has 4 aromatic heterocycles. The van der Waals surface area contributed by atoms with E-state index in [9.17, 15) is 38.1 Å². The van der Waals surface area contributed by atoms with Gasteiger partial charge in [-0.25, -0.2) is 19.8 Å². The second-order valence-electron chi connectivity index (χ2n) is 16.6. The quantitative estimate of drug-likeness (QED) is 0.0169. The van der Waals surface area contributed by atoms with Crippen molar-refractivity contribution in [3.63, 3.8) is 0 Å². The fourth-order valence-electron chi connectivity index (χ4n) is 6.88. The van der Waals surface area contributed by atoms with E-state index in [1.54, 1.807) is 62.4 Å². The van der Waals surface area contributed by atoms with Crippen molar-refractivity contribution in [1.29, 1.82) is 0 Å². The van der Waals surface area contributed by atoms with Crippen LogP contribution in [0, 0.1) is 0 Å². The molecular formula is C47H72N12O19P2. The van der Waals surface area contributed by atoms with E-state index in [0.29, 0.717) is 18.1 Å². The number of anilines is 2. The van der Waals surface area contributed by atoms with Crippen molar-refractivity contribution >= 4 is 60.9 Å². The highest BCUT2D eigenvalue weighted by Crippen LogP contribution is 2.39. The number of nitrogens with one attached hydrogen (secondary N) is 4. The number of esters is 2. The number of nitrogens with zero attached hydrogens (tertiary/aromatic N) is 6. The molecule has 4 atom stereocenters. The van der Waals surface area contributed by atoms with Gasteiger partial charge in [0.1, 0.15) is 85.9 Å². The Labute approximate surface area is 459 Å². The van der Waals surface area contributed by atoms with E-state index >= 15 is 0 Å². The van der Waals surface area contributed by atoms with Crippen molar-refractivity contribution < 1.29 is 81.4 Å². The summed E-state index contributed by atoms with van der Waals surface area (Å²) in [5, 5.41) is 5.46. The molecule has 0 fully saturated rings. The fraction of sp³-hybridized carbons (Fsp3) is 0.489. The Kier molecular flexibility index (Phi) is 27.7. The number of ether oxygens (including phenoxy) is 10. The van der Waals surface area contributed by atoms with E-state index in [0.717, 1.165) is 0 Å². The monoisotopic (exact) mass is 1170 g/mol. The van der Waals surface area contributed by atoms with Crippen LogP contribution < -0.4 is 52.0 Å². The number of hydrogen-bond donors (Lipinski definition) is 8. The van der Waals surface area contributed by atoms with Crippen molar-refractivity contribution in [3.05, 3.63) is 81.6 Å². The van der Waals surface area contributed by atoms with E-state index in [2.05, 4.69) is 40.1 Å². The summed E-state index contributed by atoms with van der Waals surface area (Å²) < 4.78 is 81.9. The van der Waals surface area contributed by atoms with E-state index in [1.807, 2.05) is 12.1 Å². The number of fused-ring (bicyclic) bond motifs is 2. The number of methoxy groups -OCH3 is 2. The molecular weight excluding hydrogens is 1100 g/mol. The van der Waals surface area contributed by atoms with Gasteiger partial charge in [0.25, 0.3) is 0 Å². The molecule has 4 heterocycles. The van der Waals surface area contributed by atoms with Crippen molar-refractivity contribution in [2.75, 3.05) is 91.2 Å². The molecule has 0 saturated heterocycles. The second kappa shape index (κ2) is 32.9. The highest BCUT2D eigenvalue weighted by Gasteiger charge is 2.34. The average Bonchev–Trinajstić information content (AvgIpc) is 3.93. The molecule has 0 saturated carbocycles. The molecule has 0 spiro atoms. The summed E-state index contributed by atoms with van der Waals surface area (Å²) in [4.78, 5) is 90.6. The summed E-state index contributed by atoms with van der Waals surface area (Å²) in [7, 11) is -5.29. The molecule has 33 heteroatoms. The first-order chi connectivity index (χ1) is 37.3. The lowest BCUT2D eigenvalue weighted by molar-refractivity contribution is -0.145. The smallest absolute Gasteiger partial charge is 0.350 e. The van der Waals surface area contributed by atoms with Gasteiger partial charge in [0.15, 0.2) is 22.9 Å². The molecule has 2 unspecified atom stereocenters. The van der Waals surface area contributed by atoms with Crippen LogP contribution in [0.5, 0.6) is 23.5 Å². The summed E-state index contributed by atoms with van der Waals surface area (Å²) in [5.41, 5.74) is 11.6. The van der Waals surface area contributed by atoms with Crippen molar-refractivity contribution in [2.45, 2.75) is 72.5 Å². The number of imidazole rings is 2.